The van der Waals surface area contributed by atoms with Crippen LogP contribution in [-0.2, 0) is 20.7 Å². The summed E-state index contributed by atoms with van der Waals surface area (Å²) in [7, 11) is 0. The molecular formula is C15H23NO3. The van der Waals surface area contributed by atoms with Crippen LogP contribution in [0.1, 0.15) is 38.7 Å². The molecule has 106 valence electrons. The molecule has 0 saturated carbocycles. The Morgan fingerprint density at radius 1 is 1.32 bits per heavy atom. The van der Waals surface area contributed by atoms with Crippen LogP contribution in [-0.4, -0.2) is 30.3 Å². The van der Waals surface area contributed by atoms with Gasteiger partial charge >= 0.3 is 5.97 Å². The van der Waals surface area contributed by atoms with Crippen molar-refractivity contribution in [2.24, 2.45) is 0 Å². The number of aryl methyl sites for hydroxylation is 1. The van der Waals surface area contributed by atoms with Gasteiger partial charge in [-0.05, 0) is 43.9 Å². The quantitative estimate of drug-likeness (QED) is 0.509. The maximum absolute atomic E-state index is 11.6. The van der Waals surface area contributed by atoms with E-state index in [1.807, 2.05) is 26.0 Å². The number of ether oxygens (including phenoxy) is 2. The lowest BCUT2D eigenvalue weighted by atomic mass is 10.1. The van der Waals surface area contributed by atoms with Gasteiger partial charge < -0.3 is 9.47 Å². The van der Waals surface area contributed by atoms with E-state index < -0.39 is 6.10 Å². The molecule has 0 fully saturated rings. The first kappa shape index (κ1) is 15.6. The van der Waals surface area contributed by atoms with Gasteiger partial charge in [0.15, 0.2) is 6.10 Å². The van der Waals surface area contributed by atoms with Crippen molar-refractivity contribution in [2.45, 2.75) is 45.6 Å². The topological polar surface area (TPSA) is 48.4 Å². The van der Waals surface area contributed by atoms with E-state index in [4.69, 9.17) is 9.47 Å². The first-order valence-electron chi connectivity index (χ1n) is 6.95. The van der Waals surface area contributed by atoms with E-state index in [9.17, 15) is 4.79 Å². The summed E-state index contributed by atoms with van der Waals surface area (Å²) in [5, 5.41) is 0. The van der Waals surface area contributed by atoms with Crippen LogP contribution in [0.3, 0.4) is 0 Å². The monoisotopic (exact) mass is 265 g/mol. The lowest BCUT2D eigenvalue weighted by Gasteiger charge is -2.15. The fraction of sp³-hybridized carbons (Fsp3) is 0.600. The van der Waals surface area contributed by atoms with Crippen molar-refractivity contribution in [1.82, 2.24) is 4.98 Å². The number of hydrogen-bond acceptors (Lipinski definition) is 4. The smallest absolute Gasteiger partial charge is 0.335 e. The molecule has 0 radical (unpaired) electrons. The molecule has 0 aliphatic rings. The molecule has 1 rings (SSSR count). The Morgan fingerprint density at radius 3 is 2.68 bits per heavy atom. The number of carbonyl (C=O) groups is 1. The van der Waals surface area contributed by atoms with Crippen molar-refractivity contribution in [1.29, 1.82) is 0 Å². The van der Waals surface area contributed by atoms with Gasteiger partial charge in [0.05, 0.1) is 6.61 Å². The molecule has 19 heavy (non-hydrogen) atoms. The molecule has 1 atom stereocenters. The summed E-state index contributed by atoms with van der Waals surface area (Å²) in [5.41, 5.74) is 1.24. The van der Waals surface area contributed by atoms with Crippen LogP contribution < -0.4 is 0 Å². The molecule has 1 aromatic rings. The van der Waals surface area contributed by atoms with Gasteiger partial charge in [-0.1, -0.05) is 13.3 Å². The zero-order valence-corrected chi connectivity index (χ0v) is 11.8. The van der Waals surface area contributed by atoms with Gasteiger partial charge in [-0.2, -0.15) is 0 Å². The number of aromatic nitrogens is 1. The Bertz CT molecular complexity index is 354. The van der Waals surface area contributed by atoms with Crippen molar-refractivity contribution >= 4 is 5.97 Å². The third-order valence-corrected chi connectivity index (χ3v) is 2.78. The molecule has 1 heterocycles. The van der Waals surface area contributed by atoms with Crippen molar-refractivity contribution in [3.63, 3.8) is 0 Å². The second-order valence-electron chi connectivity index (χ2n) is 4.36. The average Bonchev–Trinajstić information content (AvgIpc) is 2.43. The van der Waals surface area contributed by atoms with Crippen molar-refractivity contribution in [3.8, 4) is 0 Å². The zero-order valence-electron chi connectivity index (χ0n) is 11.8. The van der Waals surface area contributed by atoms with Crippen LogP contribution in [0, 0.1) is 0 Å². The minimum Gasteiger partial charge on any atom is -0.464 e. The predicted molar refractivity (Wildman–Crippen MR) is 73.8 cm³/mol. The highest BCUT2D eigenvalue weighted by molar-refractivity contribution is 5.74. The van der Waals surface area contributed by atoms with Crippen LogP contribution in [0.2, 0.25) is 0 Å². The number of carbonyl (C=O) groups excluding carboxylic acids is 1. The molecule has 1 aromatic heterocycles. The van der Waals surface area contributed by atoms with Crippen LogP contribution in [0.25, 0.3) is 0 Å². The van der Waals surface area contributed by atoms with E-state index in [0.29, 0.717) is 19.6 Å². The summed E-state index contributed by atoms with van der Waals surface area (Å²) in [6, 6.07) is 3.99. The maximum atomic E-state index is 11.6. The summed E-state index contributed by atoms with van der Waals surface area (Å²) in [4.78, 5) is 15.6. The third-order valence-electron chi connectivity index (χ3n) is 2.78. The van der Waals surface area contributed by atoms with Crippen molar-refractivity contribution < 1.29 is 14.3 Å². The Hall–Kier alpha value is -1.42. The van der Waals surface area contributed by atoms with Crippen LogP contribution in [0.4, 0.5) is 0 Å². The summed E-state index contributed by atoms with van der Waals surface area (Å²) in [6.07, 6.45) is 6.61. The standard InChI is InChI=1S/C15H23NO3/c1-3-6-14(15(17)18-4-2)19-12-5-7-13-8-10-16-11-9-13/h8-11,14H,3-7,12H2,1-2H3. The summed E-state index contributed by atoms with van der Waals surface area (Å²) in [6.45, 7) is 4.82. The number of hydrogen-bond donors (Lipinski definition) is 0. The van der Waals surface area contributed by atoms with E-state index in [1.165, 1.54) is 5.56 Å². The molecule has 0 spiro atoms. The Labute approximate surface area is 115 Å². The summed E-state index contributed by atoms with van der Waals surface area (Å²) >= 11 is 0. The van der Waals surface area contributed by atoms with Gasteiger partial charge in [0.2, 0.25) is 0 Å². The number of esters is 1. The molecule has 0 aromatic carbocycles. The molecule has 4 heteroatoms. The lowest BCUT2D eigenvalue weighted by Crippen LogP contribution is -2.27. The van der Waals surface area contributed by atoms with Gasteiger partial charge in [-0.25, -0.2) is 4.79 Å². The SMILES string of the molecule is CCCC(OCCCc1ccncc1)C(=O)OCC. The Balaban J connectivity index is 2.26. The predicted octanol–water partition coefficient (Wildman–Crippen LogP) is 2.76. The molecule has 0 N–H and O–H groups in total. The number of nitrogens with zero attached hydrogens (tertiary/aromatic N) is 1. The van der Waals surface area contributed by atoms with Crippen LogP contribution in [0.15, 0.2) is 24.5 Å². The molecule has 0 saturated heterocycles. The van der Waals surface area contributed by atoms with E-state index in [2.05, 4.69) is 4.98 Å². The Kier molecular flexibility index (Phi) is 7.82. The molecule has 0 bridgehead atoms. The molecule has 0 amide bonds. The minimum absolute atomic E-state index is 0.242. The van der Waals surface area contributed by atoms with Gasteiger partial charge in [-0.15, -0.1) is 0 Å². The first-order valence-corrected chi connectivity index (χ1v) is 6.95. The number of pyridine rings is 1. The van der Waals surface area contributed by atoms with E-state index >= 15 is 0 Å². The molecule has 0 aliphatic carbocycles. The molecule has 1 unspecified atom stereocenters. The van der Waals surface area contributed by atoms with Gasteiger partial charge in [0.25, 0.3) is 0 Å². The normalized spacial score (nSPS) is 12.1. The molecule has 4 nitrogen and oxygen atoms in total. The first-order chi connectivity index (χ1) is 9.27. The largest absolute Gasteiger partial charge is 0.464 e. The highest BCUT2D eigenvalue weighted by Crippen LogP contribution is 2.07. The summed E-state index contributed by atoms with van der Waals surface area (Å²) in [5.74, 6) is -0.242. The second kappa shape index (κ2) is 9.50. The van der Waals surface area contributed by atoms with E-state index in [0.717, 1.165) is 19.3 Å². The summed E-state index contributed by atoms with van der Waals surface area (Å²) < 4.78 is 10.6. The van der Waals surface area contributed by atoms with Gasteiger partial charge in [0.1, 0.15) is 0 Å². The zero-order chi connectivity index (χ0) is 13.9. The fourth-order valence-corrected chi connectivity index (χ4v) is 1.82. The number of rotatable bonds is 9. The van der Waals surface area contributed by atoms with E-state index in [1.54, 1.807) is 12.4 Å². The third kappa shape index (κ3) is 6.34. The second-order valence-corrected chi connectivity index (χ2v) is 4.36. The maximum Gasteiger partial charge on any atom is 0.335 e. The lowest BCUT2D eigenvalue weighted by molar-refractivity contribution is -0.157. The van der Waals surface area contributed by atoms with Crippen LogP contribution >= 0.6 is 0 Å². The van der Waals surface area contributed by atoms with Crippen LogP contribution in [0.5, 0.6) is 0 Å². The highest BCUT2D eigenvalue weighted by atomic mass is 16.6. The Morgan fingerprint density at radius 2 is 2.05 bits per heavy atom. The van der Waals surface area contributed by atoms with Crippen molar-refractivity contribution in [2.75, 3.05) is 13.2 Å². The molecule has 0 aliphatic heterocycles. The van der Waals surface area contributed by atoms with Gasteiger partial charge in [-0.3, -0.25) is 4.98 Å². The minimum atomic E-state index is -0.414. The average molecular weight is 265 g/mol. The van der Waals surface area contributed by atoms with E-state index in [-0.39, 0.29) is 5.97 Å². The fourth-order valence-electron chi connectivity index (χ4n) is 1.82. The van der Waals surface area contributed by atoms with Crippen molar-refractivity contribution in [3.05, 3.63) is 30.1 Å². The highest BCUT2D eigenvalue weighted by Gasteiger charge is 2.18. The van der Waals surface area contributed by atoms with Gasteiger partial charge in [0, 0.05) is 19.0 Å². The molecular weight excluding hydrogens is 242 g/mol.